The number of likely N-dealkylation sites (tertiary alicyclic amines) is 1. The van der Waals surface area contributed by atoms with Crippen LogP contribution in [0.1, 0.15) is 38.7 Å². The minimum Gasteiger partial charge on any atom is -0.392 e. The molecule has 1 aliphatic heterocycles. The zero-order chi connectivity index (χ0) is 21.0. The molecular formula is C22H28F3N3O. The number of rotatable bonds is 6. The van der Waals surface area contributed by atoms with E-state index in [4.69, 9.17) is 0 Å². The molecule has 0 amide bonds. The zero-order valence-electron chi connectivity index (χ0n) is 16.8. The van der Waals surface area contributed by atoms with Gasteiger partial charge in [-0.1, -0.05) is 6.92 Å². The maximum Gasteiger partial charge on any atom is 0.416 e. The van der Waals surface area contributed by atoms with Crippen molar-refractivity contribution in [1.82, 2.24) is 9.88 Å². The van der Waals surface area contributed by atoms with Crippen molar-refractivity contribution >= 4 is 11.4 Å². The van der Waals surface area contributed by atoms with Gasteiger partial charge in [0.1, 0.15) is 0 Å². The van der Waals surface area contributed by atoms with Crippen LogP contribution in [0.4, 0.5) is 24.5 Å². The highest BCUT2D eigenvalue weighted by Gasteiger charge is 2.32. The van der Waals surface area contributed by atoms with Gasteiger partial charge < -0.3 is 10.0 Å². The van der Waals surface area contributed by atoms with E-state index >= 15 is 0 Å². The standard InChI is InChI=1S/C22H28F3N3O/c1-3-21(16(2)29)27-13-10-19(11-14-27)28(20-5-4-12-26-15-20)18-8-6-17(7-9-18)22(23,24)25/h4-9,12,15-16,19,21,29H,3,10-11,13-14H2,1-2H3. The van der Waals surface area contributed by atoms with Crippen molar-refractivity contribution in [3.8, 4) is 0 Å². The van der Waals surface area contributed by atoms with E-state index in [0.717, 1.165) is 55.9 Å². The third kappa shape index (κ3) is 5.08. The van der Waals surface area contributed by atoms with Gasteiger partial charge >= 0.3 is 6.18 Å². The predicted octanol–water partition coefficient (Wildman–Crippen LogP) is 4.86. The number of benzene rings is 1. The lowest BCUT2D eigenvalue weighted by Crippen LogP contribution is -2.50. The average Bonchev–Trinajstić information content (AvgIpc) is 2.70. The van der Waals surface area contributed by atoms with Crippen LogP contribution in [0.5, 0.6) is 0 Å². The molecule has 1 aromatic heterocycles. The monoisotopic (exact) mass is 407 g/mol. The van der Waals surface area contributed by atoms with Gasteiger partial charge in [-0.2, -0.15) is 13.2 Å². The Balaban J connectivity index is 1.83. The number of pyridine rings is 1. The summed E-state index contributed by atoms with van der Waals surface area (Å²) in [6.07, 6.45) is 1.30. The van der Waals surface area contributed by atoms with Crippen molar-refractivity contribution < 1.29 is 18.3 Å². The molecule has 2 aromatic rings. The molecule has 1 saturated heterocycles. The minimum absolute atomic E-state index is 0.133. The van der Waals surface area contributed by atoms with Crippen LogP contribution in [0.3, 0.4) is 0 Å². The highest BCUT2D eigenvalue weighted by atomic mass is 19.4. The molecule has 7 heteroatoms. The maximum absolute atomic E-state index is 13.0. The topological polar surface area (TPSA) is 39.6 Å². The summed E-state index contributed by atoms with van der Waals surface area (Å²) in [5, 5.41) is 10.0. The van der Waals surface area contributed by atoms with Gasteiger partial charge in [0, 0.05) is 37.1 Å². The van der Waals surface area contributed by atoms with Crippen LogP contribution in [0.15, 0.2) is 48.8 Å². The third-order valence-electron chi connectivity index (χ3n) is 5.71. The quantitative estimate of drug-likeness (QED) is 0.742. The molecule has 0 spiro atoms. The number of piperidine rings is 1. The van der Waals surface area contributed by atoms with Gasteiger partial charge in [-0.15, -0.1) is 0 Å². The first kappa shape index (κ1) is 21.6. The van der Waals surface area contributed by atoms with E-state index in [1.807, 2.05) is 19.1 Å². The van der Waals surface area contributed by atoms with Gasteiger partial charge in [0.25, 0.3) is 0 Å². The maximum atomic E-state index is 13.0. The second-order valence-corrected chi connectivity index (χ2v) is 7.61. The van der Waals surface area contributed by atoms with Crippen molar-refractivity contribution in [1.29, 1.82) is 0 Å². The van der Waals surface area contributed by atoms with E-state index in [1.165, 1.54) is 12.1 Å². The number of hydrogen-bond donors (Lipinski definition) is 1. The zero-order valence-corrected chi connectivity index (χ0v) is 16.8. The van der Waals surface area contributed by atoms with E-state index in [0.29, 0.717) is 0 Å². The van der Waals surface area contributed by atoms with E-state index in [-0.39, 0.29) is 18.2 Å². The number of anilines is 2. The van der Waals surface area contributed by atoms with E-state index < -0.39 is 11.7 Å². The predicted molar refractivity (Wildman–Crippen MR) is 108 cm³/mol. The van der Waals surface area contributed by atoms with Crippen molar-refractivity contribution in [2.24, 2.45) is 0 Å². The number of alkyl halides is 3. The normalized spacial score (nSPS) is 18.4. The molecule has 1 fully saturated rings. The van der Waals surface area contributed by atoms with E-state index in [1.54, 1.807) is 12.4 Å². The Hall–Kier alpha value is -2.12. The van der Waals surface area contributed by atoms with Gasteiger partial charge in [-0.05, 0) is 62.6 Å². The first-order valence-corrected chi connectivity index (χ1v) is 10.1. The van der Waals surface area contributed by atoms with Crippen LogP contribution in [0.25, 0.3) is 0 Å². The number of aromatic nitrogens is 1. The van der Waals surface area contributed by atoms with Crippen LogP contribution < -0.4 is 4.90 Å². The van der Waals surface area contributed by atoms with Crippen molar-refractivity contribution in [2.45, 2.75) is 57.5 Å². The summed E-state index contributed by atoms with van der Waals surface area (Å²) in [7, 11) is 0. The third-order valence-corrected chi connectivity index (χ3v) is 5.71. The Morgan fingerprint density at radius 1 is 1.14 bits per heavy atom. The molecule has 29 heavy (non-hydrogen) atoms. The molecule has 0 aliphatic carbocycles. The average molecular weight is 407 g/mol. The molecule has 4 nitrogen and oxygen atoms in total. The number of nitrogens with zero attached hydrogens (tertiary/aromatic N) is 3. The summed E-state index contributed by atoms with van der Waals surface area (Å²) >= 11 is 0. The Kier molecular flexibility index (Phi) is 6.80. The molecule has 2 unspecified atom stereocenters. The number of aliphatic hydroxyl groups is 1. The molecule has 158 valence electrons. The van der Waals surface area contributed by atoms with E-state index in [9.17, 15) is 18.3 Å². The van der Waals surface area contributed by atoms with Crippen LogP contribution in [0, 0.1) is 0 Å². The lowest BCUT2D eigenvalue weighted by molar-refractivity contribution is -0.137. The lowest BCUT2D eigenvalue weighted by Gasteiger charge is -2.43. The van der Waals surface area contributed by atoms with Crippen LogP contribution >= 0.6 is 0 Å². The summed E-state index contributed by atoms with van der Waals surface area (Å²) in [5.74, 6) is 0. The lowest BCUT2D eigenvalue weighted by atomic mass is 9.97. The Labute approximate surface area is 170 Å². The molecule has 1 aliphatic rings. The molecule has 1 N–H and O–H groups in total. The number of aliphatic hydroxyl groups excluding tert-OH is 1. The summed E-state index contributed by atoms with van der Waals surface area (Å²) in [6.45, 7) is 5.58. The second-order valence-electron chi connectivity index (χ2n) is 7.61. The minimum atomic E-state index is -4.35. The summed E-state index contributed by atoms with van der Waals surface area (Å²) in [6, 6.07) is 9.39. The van der Waals surface area contributed by atoms with Gasteiger partial charge in [-0.3, -0.25) is 9.88 Å². The summed E-state index contributed by atoms with van der Waals surface area (Å²) < 4.78 is 38.9. The smallest absolute Gasteiger partial charge is 0.392 e. The fourth-order valence-electron chi connectivity index (χ4n) is 4.26. The summed E-state index contributed by atoms with van der Waals surface area (Å²) in [4.78, 5) is 8.60. The van der Waals surface area contributed by atoms with Gasteiger partial charge in [-0.25, -0.2) is 0 Å². The SMILES string of the molecule is CCC(C(C)O)N1CCC(N(c2ccc(C(F)(F)F)cc2)c2cccnc2)CC1. The molecule has 2 heterocycles. The first-order chi connectivity index (χ1) is 13.8. The highest BCUT2D eigenvalue weighted by molar-refractivity contribution is 5.63. The van der Waals surface area contributed by atoms with Crippen LogP contribution in [-0.4, -0.2) is 46.3 Å². The van der Waals surface area contributed by atoms with Crippen LogP contribution in [0.2, 0.25) is 0 Å². The van der Waals surface area contributed by atoms with Crippen molar-refractivity contribution in [3.05, 3.63) is 54.4 Å². The Morgan fingerprint density at radius 3 is 2.28 bits per heavy atom. The largest absolute Gasteiger partial charge is 0.416 e. The van der Waals surface area contributed by atoms with E-state index in [2.05, 4.69) is 21.7 Å². The van der Waals surface area contributed by atoms with Gasteiger partial charge in [0.2, 0.25) is 0 Å². The van der Waals surface area contributed by atoms with Crippen LogP contribution in [-0.2, 0) is 6.18 Å². The fourth-order valence-corrected chi connectivity index (χ4v) is 4.26. The molecule has 2 atom stereocenters. The number of hydrogen-bond acceptors (Lipinski definition) is 4. The molecule has 0 saturated carbocycles. The molecule has 0 bridgehead atoms. The Bertz CT molecular complexity index is 757. The summed E-state index contributed by atoms with van der Waals surface area (Å²) in [5.41, 5.74) is 0.949. The fraction of sp³-hybridized carbons (Fsp3) is 0.500. The Morgan fingerprint density at radius 2 is 1.79 bits per heavy atom. The first-order valence-electron chi connectivity index (χ1n) is 10.1. The number of halogens is 3. The van der Waals surface area contributed by atoms with Gasteiger partial charge in [0.05, 0.1) is 23.6 Å². The van der Waals surface area contributed by atoms with Crippen molar-refractivity contribution in [3.63, 3.8) is 0 Å². The van der Waals surface area contributed by atoms with Gasteiger partial charge in [0.15, 0.2) is 0 Å². The molecular weight excluding hydrogens is 379 g/mol. The molecule has 0 radical (unpaired) electrons. The highest BCUT2D eigenvalue weighted by Crippen LogP contribution is 2.35. The second kappa shape index (κ2) is 9.13. The molecule has 1 aromatic carbocycles. The van der Waals surface area contributed by atoms with Crippen molar-refractivity contribution in [2.75, 3.05) is 18.0 Å². The molecule has 3 rings (SSSR count).